The Bertz CT molecular complexity index is 1510. The molecule has 0 aromatic heterocycles. The number of carboxylic acid groups (broad SMARTS) is 2. The van der Waals surface area contributed by atoms with Gasteiger partial charge in [-0.25, -0.2) is 4.79 Å². The van der Waals surface area contributed by atoms with Gasteiger partial charge in [0.2, 0.25) is 17.7 Å². The molecule has 2 rings (SSSR count). The van der Waals surface area contributed by atoms with Crippen LogP contribution >= 0.6 is 0 Å². The Hall–Kier alpha value is -6.27. The Balaban J connectivity index is 0.00000111. The smallest absolute Gasteiger partial charge is 0.326 e. The lowest BCUT2D eigenvalue weighted by molar-refractivity contribution is -0.384. The minimum Gasteiger partial charge on any atom is -0.481 e. The van der Waals surface area contributed by atoms with Crippen molar-refractivity contribution in [2.75, 3.05) is 18.8 Å². The van der Waals surface area contributed by atoms with Crippen LogP contribution in [-0.2, 0) is 24.0 Å². The lowest BCUT2D eigenvalue weighted by atomic mass is 9.97. The van der Waals surface area contributed by atoms with Crippen LogP contribution in [0.25, 0.3) is 0 Å². The van der Waals surface area contributed by atoms with Crippen LogP contribution in [0.15, 0.2) is 54.6 Å². The van der Waals surface area contributed by atoms with Gasteiger partial charge in [0.05, 0.1) is 11.5 Å². The van der Waals surface area contributed by atoms with Crippen LogP contribution in [-0.4, -0.2) is 87.9 Å². The Morgan fingerprint density at radius 3 is 2.04 bits per heavy atom. The highest BCUT2D eigenvalue weighted by molar-refractivity contribution is 5.98. The number of aliphatic carboxylic acids is 2. The standard InChI is InChI=1S/C26H39N7O8.C6H6N2O2/c1-3-15(2)21(33-22(37)16-8-5-4-6-9-16)24(39)32-17(11-12-20(35)36)23(38)30-14-19(34)31-18(25(40)41)10-7-13-29-26(27)28;7-5-1-3-6(4-2-5)8(9)10/h4-6,8-9,15,17-18,21H,3,7,10-14H2,1-2H3,(H,30,38)(H,31,34)(H,32,39)(H,33,37)(H,35,36)(H,40,41)(H4,27,28,29);1-4H,7H2. The Morgan fingerprint density at radius 2 is 1.51 bits per heavy atom. The van der Waals surface area contributed by atoms with E-state index in [1.54, 1.807) is 37.3 Å². The number of nitro benzene ring substituents is 1. The van der Waals surface area contributed by atoms with E-state index in [1.807, 2.05) is 6.92 Å². The van der Waals surface area contributed by atoms with E-state index in [0.29, 0.717) is 17.7 Å². The van der Waals surface area contributed by atoms with E-state index >= 15 is 0 Å². The third-order valence-corrected chi connectivity index (χ3v) is 7.24. The Labute approximate surface area is 293 Å². The number of carbonyl (C=O) groups excluding carboxylic acids is 4. The van der Waals surface area contributed by atoms with Crippen molar-refractivity contribution in [1.82, 2.24) is 26.6 Å². The summed E-state index contributed by atoms with van der Waals surface area (Å²) in [4.78, 5) is 83.3. The highest BCUT2D eigenvalue weighted by Crippen LogP contribution is 2.13. The summed E-state index contributed by atoms with van der Waals surface area (Å²) >= 11 is 0. The van der Waals surface area contributed by atoms with Crippen LogP contribution in [0.1, 0.15) is 56.3 Å². The van der Waals surface area contributed by atoms with Gasteiger partial charge in [0.1, 0.15) is 18.1 Å². The number of nitrogen functional groups attached to an aromatic ring is 1. The zero-order valence-corrected chi connectivity index (χ0v) is 28.2. The highest BCUT2D eigenvalue weighted by Gasteiger charge is 2.31. The number of anilines is 1. The van der Waals surface area contributed by atoms with Gasteiger partial charge < -0.3 is 48.3 Å². The van der Waals surface area contributed by atoms with E-state index in [1.165, 1.54) is 24.3 Å². The fourth-order valence-corrected chi connectivity index (χ4v) is 4.23. The number of benzene rings is 2. The Kier molecular flexibility index (Phi) is 18.8. The molecular formula is C32H45N9O10. The summed E-state index contributed by atoms with van der Waals surface area (Å²) in [5.74, 6) is -6.01. The maximum atomic E-state index is 13.2. The summed E-state index contributed by atoms with van der Waals surface area (Å²) < 4.78 is 0. The molecule has 2 aromatic rings. The van der Waals surface area contributed by atoms with E-state index in [-0.39, 0.29) is 43.4 Å². The number of amides is 4. The maximum Gasteiger partial charge on any atom is 0.326 e. The van der Waals surface area contributed by atoms with Gasteiger partial charge >= 0.3 is 11.9 Å². The average molecular weight is 716 g/mol. The third-order valence-electron chi connectivity index (χ3n) is 7.24. The summed E-state index contributed by atoms with van der Waals surface area (Å²) in [7, 11) is 0. The summed E-state index contributed by atoms with van der Waals surface area (Å²) in [6.45, 7) is 3.14. The number of carbonyl (C=O) groups is 6. The fraction of sp³-hybridized carbons (Fsp3) is 0.406. The quantitative estimate of drug-likeness (QED) is 0.0234. The molecule has 19 heteroatoms. The Morgan fingerprint density at radius 1 is 0.882 bits per heavy atom. The predicted octanol–water partition coefficient (Wildman–Crippen LogP) is 0.307. The number of nitrogens with one attached hydrogen (secondary N) is 6. The first-order valence-corrected chi connectivity index (χ1v) is 15.8. The predicted molar refractivity (Wildman–Crippen MR) is 185 cm³/mol. The largest absolute Gasteiger partial charge is 0.481 e. The van der Waals surface area contributed by atoms with Gasteiger partial charge in [-0.05, 0) is 49.4 Å². The minimum absolute atomic E-state index is 0.0261. The number of nitrogens with two attached hydrogens (primary N) is 2. The molecule has 278 valence electrons. The van der Waals surface area contributed by atoms with Crippen molar-refractivity contribution in [2.24, 2.45) is 11.7 Å². The average Bonchev–Trinajstić information content (AvgIpc) is 3.09. The molecule has 51 heavy (non-hydrogen) atoms. The molecular weight excluding hydrogens is 670 g/mol. The zero-order valence-electron chi connectivity index (χ0n) is 28.2. The summed E-state index contributed by atoms with van der Waals surface area (Å²) in [5, 5.41) is 47.8. The molecule has 0 bridgehead atoms. The third kappa shape index (κ3) is 17.1. The molecule has 4 atom stereocenters. The molecule has 19 nitrogen and oxygen atoms in total. The van der Waals surface area contributed by atoms with E-state index in [9.17, 15) is 44.0 Å². The van der Waals surface area contributed by atoms with Crippen molar-refractivity contribution in [1.29, 1.82) is 5.41 Å². The first kappa shape index (κ1) is 42.8. The summed E-state index contributed by atoms with van der Waals surface area (Å²) in [6, 6.07) is 10.3. The van der Waals surface area contributed by atoms with E-state index in [0.717, 1.165) is 0 Å². The minimum atomic E-state index is -1.35. The van der Waals surface area contributed by atoms with Crippen LogP contribution in [0, 0.1) is 21.4 Å². The van der Waals surface area contributed by atoms with Crippen LogP contribution in [0.3, 0.4) is 0 Å². The fourth-order valence-electron chi connectivity index (χ4n) is 4.23. The number of hydrogen-bond donors (Lipinski definition) is 10. The number of nitro groups is 1. The second-order valence-corrected chi connectivity index (χ2v) is 11.2. The van der Waals surface area contributed by atoms with E-state index in [4.69, 9.17) is 22.0 Å². The van der Waals surface area contributed by atoms with Crippen molar-refractivity contribution >= 4 is 52.9 Å². The SMILES string of the molecule is CCC(C)C(NC(=O)c1ccccc1)C(=O)NC(CCC(=O)O)C(=O)NCC(=O)NC(CCCNC(=N)N)C(=O)O.Nc1ccc([N+](=O)[O-])cc1. The summed E-state index contributed by atoms with van der Waals surface area (Å²) in [5.41, 5.74) is 11.4. The molecule has 0 radical (unpaired) electrons. The molecule has 4 unspecified atom stereocenters. The van der Waals surface area contributed by atoms with Gasteiger partial charge in [-0.3, -0.25) is 39.5 Å². The number of rotatable bonds is 19. The number of carboxylic acids is 2. The van der Waals surface area contributed by atoms with E-state index in [2.05, 4.69) is 26.6 Å². The number of non-ortho nitro benzene ring substituents is 1. The van der Waals surface area contributed by atoms with Crippen molar-refractivity contribution in [2.45, 2.75) is 64.1 Å². The maximum absolute atomic E-state index is 13.2. The molecule has 12 N–H and O–H groups in total. The van der Waals surface area contributed by atoms with Crippen LogP contribution in [0.5, 0.6) is 0 Å². The molecule has 0 saturated carbocycles. The topological polar surface area (TPSA) is 322 Å². The van der Waals surface area contributed by atoms with Gasteiger partial charge in [0.25, 0.3) is 11.6 Å². The van der Waals surface area contributed by atoms with Gasteiger partial charge in [0, 0.05) is 36.3 Å². The molecule has 0 saturated heterocycles. The second kappa shape index (κ2) is 22.4. The van der Waals surface area contributed by atoms with Crippen molar-refractivity contribution in [3.05, 3.63) is 70.3 Å². The van der Waals surface area contributed by atoms with Crippen LogP contribution in [0.2, 0.25) is 0 Å². The number of nitrogens with zero attached hydrogens (tertiary/aromatic N) is 1. The molecule has 0 aliphatic carbocycles. The molecule has 0 fully saturated rings. The van der Waals surface area contributed by atoms with Gasteiger partial charge in [-0.15, -0.1) is 0 Å². The van der Waals surface area contributed by atoms with Gasteiger partial charge in [-0.2, -0.15) is 0 Å². The molecule has 0 aliphatic rings. The van der Waals surface area contributed by atoms with Crippen molar-refractivity contribution < 1.29 is 43.9 Å². The van der Waals surface area contributed by atoms with Crippen LogP contribution < -0.4 is 38.1 Å². The molecule has 0 spiro atoms. The zero-order chi connectivity index (χ0) is 38.5. The lowest BCUT2D eigenvalue weighted by Crippen LogP contribution is -2.56. The van der Waals surface area contributed by atoms with Crippen molar-refractivity contribution in [3.63, 3.8) is 0 Å². The molecule has 0 aliphatic heterocycles. The first-order valence-electron chi connectivity index (χ1n) is 15.8. The first-order chi connectivity index (χ1) is 24.0. The lowest BCUT2D eigenvalue weighted by Gasteiger charge is -2.26. The number of guanidine groups is 1. The normalized spacial score (nSPS) is 12.6. The monoisotopic (exact) mass is 715 g/mol. The van der Waals surface area contributed by atoms with Gasteiger partial charge in [0.15, 0.2) is 5.96 Å². The second-order valence-electron chi connectivity index (χ2n) is 11.2. The highest BCUT2D eigenvalue weighted by atomic mass is 16.6. The summed E-state index contributed by atoms with van der Waals surface area (Å²) in [6.07, 6.45) is 0.0530. The van der Waals surface area contributed by atoms with E-state index < -0.39 is 71.6 Å². The number of hydrogen-bond acceptors (Lipinski definition) is 10. The molecule has 2 aromatic carbocycles. The molecule has 0 heterocycles. The van der Waals surface area contributed by atoms with Gasteiger partial charge in [-0.1, -0.05) is 38.5 Å². The molecule has 4 amide bonds. The van der Waals surface area contributed by atoms with Crippen molar-refractivity contribution in [3.8, 4) is 0 Å². The van der Waals surface area contributed by atoms with Crippen LogP contribution in [0.4, 0.5) is 11.4 Å².